The molecule has 2 rings (SSSR count). The molecule has 0 spiro atoms. The van der Waals surface area contributed by atoms with Gasteiger partial charge in [0.05, 0.1) is 25.0 Å². The van der Waals surface area contributed by atoms with Crippen molar-refractivity contribution in [1.29, 1.82) is 0 Å². The van der Waals surface area contributed by atoms with E-state index in [9.17, 15) is 9.59 Å². The van der Waals surface area contributed by atoms with Crippen LogP contribution in [0.5, 0.6) is 0 Å². The molecule has 4 unspecified atom stereocenters. The minimum atomic E-state index is -0.386. The zero-order chi connectivity index (χ0) is 21.2. The average molecular weight is 403 g/mol. The molecule has 162 valence electrons. The fourth-order valence-corrected chi connectivity index (χ4v) is 4.31. The highest BCUT2D eigenvalue weighted by atomic mass is 16.5. The van der Waals surface area contributed by atoms with Crippen molar-refractivity contribution in [2.45, 2.75) is 71.6 Å². The Morgan fingerprint density at radius 1 is 0.793 bits per heavy atom. The topological polar surface area (TPSA) is 52.6 Å². The van der Waals surface area contributed by atoms with Crippen LogP contribution in [0.1, 0.15) is 71.6 Å². The van der Waals surface area contributed by atoms with Crippen LogP contribution in [0, 0.1) is 23.7 Å². The Bertz CT molecular complexity index is 566. The van der Waals surface area contributed by atoms with Crippen molar-refractivity contribution in [2.75, 3.05) is 13.2 Å². The summed E-state index contributed by atoms with van der Waals surface area (Å²) in [6.07, 6.45) is 12.6. The third-order valence-electron chi connectivity index (χ3n) is 6.34. The number of ether oxygens (including phenoxy) is 2. The monoisotopic (exact) mass is 402 g/mol. The molecule has 1 fully saturated rings. The normalized spacial score (nSPS) is 24.5. The Morgan fingerprint density at radius 3 is 1.59 bits per heavy atom. The third kappa shape index (κ3) is 6.87. The van der Waals surface area contributed by atoms with Gasteiger partial charge in [0.25, 0.3) is 0 Å². The van der Waals surface area contributed by atoms with Gasteiger partial charge in [0.1, 0.15) is 0 Å². The first-order valence-electron chi connectivity index (χ1n) is 11.3. The summed E-state index contributed by atoms with van der Waals surface area (Å²) < 4.78 is 11.1. The molecule has 0 radical (unpaired) electrons. The van der Waals surface area contributed by atoms with Crippen molar-refractivity contribution in [3.05, 3.63) is 36.5 Å². The van der Waals surface area contributed by atoms with Gasteiger partial charge < -0.3 is 9.47 Å². The largest absolute Gasteiger partial charge is 0.465 e. The SMILES string of the molecule is C=C(CC)CCCCOC(=O)C1C2C=CC(C2)C1C(=O)OCCCCC(=C)CC. The number of fused-ring (bicyclic) bond motifs is 2. The van der Waals surface area contributed by atoms with Gasteiger partial charge in [-0.05, 0) is 69.6 Å². The number of esters is 2. The summed E-state index contributed by atoms with van der Waals surface area (Å²) in [7, 11) is 0. The second kappa shape index (κ2) is 12.0. The predicted octanol–water partition coefficient (Wildman–Crippen LogP) is 5.78. The van der Waals surface area contributed by atoms with E-state index < -0.39 is 0 Å². The molecule has 4 nitrogen and oxygen atoms in total. The van der Waals surface area contributed by atoms with Crippen LogP contribution in [0.4, 0.5) is 0 Å². The summed E-state index contributed by atoms with van der Waals surface area (Å²) in [6.45, 7) is 13.0. The van der Waals surface area contributed by atoms with Crippen molar-refractivity contribution in [3.63, 3.8) is 0 Å². The van der Waals surface area contributed by atoms with E-state index in [2.05, 4.69) is 39.2 Å². The predicted molar refractivity (Wildman–Crippen MR) is 116 cm³/mol. The van der Waals surface area contributed by atoms with Crippen molar-refractivity contribution in [1.82, 2.24) is 0 Å². The van der Waals surface area contributed by atoms with E-state index in [0.29, 0.717) is 13.2 Å². The minimum absolute atomic E-state index is 0.109. The van der Waals surface area contributed by atoms with Gasteiger partial charge in [-0.25, -0.2) is 0 Å². The molecule has 1 saturated carbocycles. The maximum Gasteiger partial charge on any atom is 0.310 e. The lowest BCUT2D eigenvalue weighted by molar-refractivity contribution is -0.161. The van der Waals surface area contributed by atoms with Crippen LogP contribution >= 0.6 is 0 Å². The Hall–Kier alpha value is -1.84. The summed E-state index contributed by atoms with van der Waals surface area (Å²) in [5.74, 6) is -1.03. The third-order valence-corrected chi connectivity index (χ3v) is 6.34. The van der Waals surface area contributed by atoms with Crippen LogP contribution < -0.4 is 0 Å². The number of carbonyl (C=O) groups excluding carboxylic acids is 2. The lowest BCUT2D eigenvalue weighted by atomic mass is 9.83. The minimum Gasteiger partial charge on any atom is -0.465 e. The zero-order valence-corrected chi connectivity index (χ0v) is 18.3. The van der Waals surface area contributed by atoms with Crippen molar-refractivity contribution in [3.8, 4) is 0 Å². The van der Waals surface area contributed by atoms with E-state index in [1.165, 1.54) is 11.1 Å². The van der Waals surface area contributed by atoms with Crippen LogP contribution in [-0.4, -0.2) is 25.2 Å². The first kappa shape index (κ1) is 23.4. The summed E-state index contributed by atoms with van der Waals surface area (Å²) in [5.41, 5.74) is 2.47. The molecule has 0 aliphatic heterocycles. The van der Waals surface area contributed by atoms with Crippen LogP contribution in [-0.2, 0) is 19.1 Å². The van der Waals surface area contributed by atoms with E-state index in [-0.39, 0.29) is 35.6 Å². The van der Waals surface area contributed by atoms with Crippen molar-refractivity contribution >= 4 is 11.9 Å². The number of carbonyl (C=O) groups is 2. The van der Waals surface area contributed by atoms with Crippen LogP contribution in [0.25, 0.3) is 0 Å². The molecular formula is C25H38O4. The molecule has 0 aromatic rings. The molecule has 29 heavy (non-hydrogen) atoms. The van der Waals surface area contributed by atoms with Crippen molar-refractivity contribution < 1.29 is 19.1 Å². The zero-order valence-electron chi connectivity index (χ0n) is 18.3. The van der Waals surface area contributed by atoms with Gasteiger partial charge >= 0.3 is 11.9 Å². The molecule has 0 aromatic heterocycles. The summed E-state index contributed by atoms with van der Waals surface area (Å²) in [6, 6.07) is 0. The number of rotatable bonds is 14. The Morgan fingerprint density at radius 2 is 1.21 bits per heavy atom. The molecule has 0 heterocycles. The smallest absolute Gasteiger partial charge is 0.310 e. The van der Waals surface area contributed by atoms with Gasteiger partial charge in [0, 0.05) is 0 Å². The fourth-order valence-electron chi connectivity index (χ4n) is 4.31. The maximum absolute atomic E-state index is 12.7. The van der Waals surface area contributed by atoms with Crippen LogP contribution in [0.15, 0.2) is 36.5 Å². The fraction of sp³-hybridized carbons (Fsp3) is 0.680. The molecule has 0 amide bonds. The van der Waals surface area contributed by atoms with Crippen LogP contribution in [0.2, 0.25) is 0 Å². The van der Waals surface area contributed by atoms with E-state index in [4.69, 9.17) is 9.47 Å². The lowest BCUT2D eigenvalue weighted by Gasteiger charge is -2.25. The second-order valence-corrected chi connectivity index (χ2v) is 8.46. The standard InChI is InChI=1S/C25H38O4/c1-5-18(3)11-7-9-15-28-24(26)22-20-13-14-21(17-20)23(22)25(27)29-16-10-8-12-19(4)6-2/h13-14,20-23H,3-12,15-17H2,1-2H3. The Labute approximate surface area is 176 Å². The van der Waals surface area contributed by atoms with Gasteiger partial charge in [-0.1, -0.05) is 50.3 Å². The number of unbranched alkanes of at least 4 members (excludes halogenated alkanes) is 2. The van der Waals surface area contributed by atoms with Gasteiger partial charge in [0.15, 0.2) is 0 Å². The van der Waals surface area contributed by atoms with E-state index >= 15 is 0 Å². The average Bonchev–Trinajstić information content (AvgIpc) is 3.34. The van der Waals surface area contributed by atoms with Gasteiger partial charge in [-0.2, -0.15) is 0 Å². The quantitative estimate of drug-likeness (QED) is 0.210. The molecule has 4 heteroatoms. The molecule has 2 aliphatic rings. The lowest BCUT2D eigenvalue weighted by Crippen LogP contribution is -2.35. The first-order valence-corrected chi connectivity index (χ1v) is 11.3. The van der Waals surface area contributed by atoms with E-state index in [1.807, 2.05) is 0 Å². The number of hydrogen-bond donors (Lipinski definition) is 0. The molecule has 0 N–H and O–H groups in total. The van der Waals surface area contributed by atoms with E-state index in [1.54, 1.807) is 0 Å². The molecule has 0 saturated heterocycles. The highest BCUT2D eigenvalue weighted by Crippen LogP contribution is 2.49. The Balaban J connectivity index is 1.75. The summed E-state index contributed by atoms with van der Waals surface area (Å²) in [5, 5.41) is 0. The number of hydrogen-bond acceptors (Lipinski definition) is 4. The first-order chi connectivity index (χ1) is 14.0. The van der Waals surface area contributed by atoms with Crippen molar-refractivity contribution in [2.24, 2.45) is 23.7 Å². The Kier molecular flexibility index (Phi) is 9.69. The van der Waals surface area contributed by atoms with Gasteiger partial charge in [0.2, 0.25) is 0 Å². The molecule has 0 aromatic carbocycles. The van der Waals surface area contributed by atoms with E-state index in [0.717, 1.165) is 57.8 Å². The molecule has 4 atom stereocenters. The highest BCUT2D eigenvalue weighted by molar-refractivity contribution is 5.84. The summed E-state index contributed by atoms with van der Waals surface area (Å²) in [4.78, 5) is 25.4. The molecular weight excluding hydrogens is 364 g/mol. The summed E-state index contributed by atoms with van der Waals surface area (Å²) >= 11 is 0. The van der Waals surface area contributed by atoms with Crippen LogP contribution in [0.3, 0.4) is 0 Å². The maximum atomic E-state index is 12.7. The highest BCUT2D eigenvalue weighted by Gasteiger charge is 2.53. The molecule has 2 bridgehead atoms. The molecule has 2 aliphatic carbocycles. The number of allylic oxidation sites excluding steroid dienone is 4. The van der Waals surface area contributed by atoms with Gasteiger partial charge in [-0.3, -0.25) is 9.59 Å². The second-order valence-electron chi connectivity index (χ2n) is 8.46. The van der Waals surface area contributed by atoms with Gasteiger partial charge in [-0.15, -0.1) is 0 Å².